The third kappa shape index (κ3) is 4.78. The second-order valence-corrected chi connectivity index (χ2v) is 11.4. The van der Waals surface area contributed by atoms with Gasteiger partial charge in [-0.15, -0.1) is 21.5 Å². The lowest BCUT2D eigenvalue weighted by atomic mass is 9.95. The van der Waals surface area contributed by atoms with E-state index in [9.17, 15) is 4.79 Å². The minimum atomic E-state index is -0.187. The van der Waals surface area contributed by atoms with E-state index in [0.29, 0.717) is 10.0 Å². The predicted octanol–water partition coefficient (Wildman–Crippen LogP) is 6.00. The van der Waals surface area contributed by atoms with Crippen LogP contribution in [-0.2, 0) is 11.2 Å². The standard InChI is InChI=1S/C22H23N5OS3/c1-12-15-13(2)23-19(22(3,4)5)25-18(15)30-16(12)17(28)24-20-26-27-21(31-20)29-11-14-9-7-6-8-10-14/h6-10H,11H2,1-5H3,(H,24,26,28). The molecule has 9 heteroatoms. The van der Waals surface area contributed by atoms with E-state index < -0.39 is 0 Å². The Hall–Kier alpha value is -2.36. The zero-order valence-corrected chi connectivity index (χ0v) is 20.5. The van der Waals surface area contributed by atoms with Gasteiger partial charge in [0.15, 0.2) is 4.34 Å². The molecule has 6 nitrogen and oxygen atoms in total. The van der Waals surface area contributed by atoms with Gasteiger partial charge in [0.1, 0.15) is 10.7 Å². The number of rotatable bonds is 5. The molecule has 0 bridgehead atoms. The fourth-order valence-electron chi connectivity index (χ4n) is 3.08. The first-order valence-corrected chi connectivity index (χ1v) is 12.4. The summed E-state index contributed by atoms with van der Waals surface area (Å²) < 4.78 is 0.823. The van der Waals surface area contributed by atoms with E-state index in [4.69, 9.17) is 4.98 Å². The van der Waals surface area contributed by atoms with Gasteiger partial charge < -0.3 is 0 Å². The number of aromatic nitrogens is 4. The minimum absolute atomic E-state index is 0.153. The lowest BCUT2D eigenvalue weighted by Crippen LogP contribution is -2.16. The van der Waals surface area contributed by atoms with Crippen molar-refractivity contribution in [3.8, 4) is 0 Å². The number of carbonyl (C=O) groups is 1. The molecule has 0 aliphatic heterocycles. The molecular formula is C22H23N5OS3. The highest BCUT2D eigenvalue weighted by atomic mass is 32.2. The second kappa shape index (κ2) is 8.64. The normalized spacial score (nSPS) is 11.8. The van der Waals surface area contributed by atoms with Crippen LogP contribution >= 0.6 is 34.4 Å². The number of hydrogen-bond donors (Lipinski definition) is 1. The van der Waals surface area contributed by atoms with Crippen LogP contribution in [0.2, 0.25) is 0 Å². The molecule has 3 aromatic heterocycles. The molecule has 3 heterocycles. The van der Waals surface area contributed by atoms with Crippen LogP contribution in [0.15, 0.2) is 34.7 Å². The Bertz CT molecular complexity index is 1240. The van der Waals surface area contributed by atoms with Crippen molar-refractivity contribution in [2.75, 3.05) is 5.32 Å². The fourth-order valence-corrected chi connectivity index (χ4v) is 5.91. The third-order valence-corrected chi connectivity index (χ3v) is 7.91. The van der Waals surface area contributed by atoms with Crippen molar-refractivity contribution >= 4 is 55.7 Å². The Morgan fingerprint density at radius 3 is 2.52 bits per heavy atom. The summed E-state index contributed by atoms with van der Waals surface area (Å²) in [4.78, 5) is 23.9. The summed E-state index contributed by atoms with van der Waals surface area (Å²) in [5, 5.41) is 12.7. The van der Waals surface area contributed by atoms with Gasteiger partial charge in [0.25, 0.3) is 5.91 Å². The van der Waals surface area contributed by atoms with Crippen molar-refractivity contribution in [2.24, 2.45) is 0 Å². The van der Waals surface area contributed by atoms with E-state index >= 15 is 0 Å². The Morgan fingerprint density at radius 1 is 1.06 bits per heavy atom. The van der Waals surface area contributed by atoms with Gasteiger partial charge in [-0.05, 0) is 25.0 Å². The number of thioether (sulfide) groups is 1. The number of carbonyl (C=O) groups excluding carboxylic acids is 1. The van der Waals surface area contributed by atoms with Gasteiger partial charge in [0.05, 0.1) is 10.6 Å². The van der Waals surface area contributed by atoms with Gasteiger partial charge in [-0.25, -0.2) is 9.97 Å². The second-order valence-electron chi connectivity index (χ2n) is 8.22. The number of benzene rings is 1. The number of thiophene rings is 1. The molecule has 4 aromatic rings. The minimum Gasteiger partial charge on any atom is -0.296 e. The predicted molar refractivity (Wildman–Crippen MR) is 129 cm³/mol. The SMILES string of the molecule is Cc1nc(C(C)(C)C)nc2sc(C(=O)Nc3nnc(SCc4ccccc4)s3)c(C)c12. The number of hydrogen-bond acceptors (Lipinski definition) is 8. The van der Waals surface area contributed by atoms with Crippen LogP contribution < -0.4 is 5.32 Å². The summed E-state index contributed by atoms with van der Waals surface area (Å²) in [5.41, 5.74) is 2.87. The molecule has 4 rings (SSSR count). The first-order chi connectivity index (χ1) is 14.7. The molecule has 1 amide bonds. The molecule has 0 aliphatic rings. The largest absolute Gasteiger partial charge is 0.296 e. The number of nitrogens with one attached hydrogen (secondary N) is 1. The molecule has 1 N–H and O–H groups in total. The molecule has 0 radical (unpaired) electrons. The van der Waals surface area contributed by atoms with E-state index in [2.05, 4.69) is 53.4 Å². The van der Waals surface area contributed by atoms with Crippen LogP contribution in [-0.4, -0.2) is 26.1 Å². The van der Waals surface area contributed by atoms with Crippen LogP contribution in [0, 0.1) is 13.8 Å². The summed E-state index contributed by atoms with van der Waals surface area (Å²) in [7, 11) is 0. The van der Waals surface area contributed by atoms with Crippen molar-refractivity contribution in [1.29, 1.82) is 0 Å². The number of fused-ring (bicyclic) bond motifs is 1. The monoisotopic (exact) mass is 469 g/mol. The highest BCUT2D eigenvalue weighted by molar-refractivity contribution is 8.00. The Balaban J connectivity index is 1.52. The summed E-state index contributed by atoms with van der Waals surface area (Å²) >= 11 is 4.39. The van der Waals surface area contributed by atoms with Gasteiger partial charge in [-0.3, -0.25) is 10.1 Å². The molecule has 0 unspecified atom stereocenters. The Kier molecular flexibility index (Phi) is 6.09. The van der Waals surface area contributed by atoms with Crippen LogP contribution in [0.4, 0.5) is 5.13 Å². The lowest BCUT2D eigenvalue weighted by molar-refractivity contribution is 0.103. The summed E-state index contributed by atoms with van der Waals surface area (Å²) in [6.45, 7) is 10.2. The number of anilines is 1. The molecule has 1 aromatic carbocycles. The first-order valence-electron chi connectivity index (χ1n) is 9.82. The van der Waals surface area contributed by atoms with Gasteiger partial charge in [0.2, 0.25) is 5.13 Å². The number of aryl methyl sites for hydroxylation is 2. The zero-order valence-electron chi connectivity index (χ0n) is 18.0. The maximum Gasteiger partial charge on any atom is 0.267 e. The van der Waals surface area contributed by atoms with Gasteiger partial charge >= 0.3 is 0 Å². The van der Waals surface area contributed by atoms with Crippen LogP contribution in [0.3, 0.4) is 0 Å². The third-order valence-electron chi connectivity index (χ3n) is 4.68. The van der Waals surface area contributed by atoms with Crippen molar-refractivity contribution in [2.45, 2.75) is 50.1 Å². The van der Waals surface area contributed by atoms with Gasteiger partial charge in [0, 0.05) is 16.6 Å². The highest BCUT2D eigenvalue weighted by Crippen LogP contribution is 2.34. The molecule has 0 aliphatic carbocycles. The molecular weight excluding hydrogens is 446 g/mol. The molecule has 0 spiro atoms. The van der Waals surface area contributed by atoms with E-state index in [0.717, 1.165) is 37.4 Å². The van der Waals surface area contributed by atoms with Crippen molar-refractivity contribution in [3.63, 3.8) is 0 Å². The zero-order chi connectivity index (χ0) is 22.2. The maximum absolute atomic E-state index is 13.0. The van der Waals surface area contributed by atoms with Crippen LogP contribution in [0.1, 0.15) is 53.1 Å². The topological polar surface area (TPSA) is 80.7 Å². The molecule has 160 valence electrons. The van der Waals surface area contributed by atoms with E-state index in [-0.39, 0.29) is 11.3 Å². The van der Waals surface area contributed by atoms with Gasteiger partial charge in [-0.1, -0.05) is 74.2 Å². The maximum atomic E-state index is 13.0. The smallest absolute Gasteiger partial charge is 0.267 e. The van der Waals surface area contributed by atoms with Crippen LogP contribution in [0.5, 0.6) is 0 Å². The number of amides is 1. The lowest BCUT2D eigenvalue weighted by Gasteiger charge is -2.16. The fraction of sp³-hybridized carbons (Fsp3) is 0.318. The van der Waals surface area contributed by atoms with E-state index in [1.54, 1.807) is 11.8 Å². The highest BCUT2D eigenvalue weighted by Gasteiger charge is 2.24. The van der Waals surface area contributed by atoms with Crippen molar-refractivity contribution in [1.82, 2.24) is 20.2 Å². The van der Waals surface area contributed by atoms with Gasteiger partial charge in [-0.2, -0.15) is 0 Å². The van der Waals surface area contributed by atoms with Crippen molar-refractivity contribution in [3.05, 3.63) is 57.9 Å². The average Bonchev–Trinajstić information content (AvgIpc) is 3.31. The average molecular weight is 470 g/mol. The molecule has 31 heavy (non-hydrogen) atoms. The van der Waals surface area contributed by atoms with Crippen molar-refractivity contribution < 1.29 is 4.79 Å². The summed E-state index contributed by atoms with van der Waals surface area (Å²) in [5.74, 6) is 1.41. The summed E-state index contributed by atoms with van der Waals surface area (Å²) in [6.07, 6.45) is 0. The molecule has 0 fully saturated rings. The van der Waals surface area contributed by atoms with E-state index in [1.165, 1.54) is 28.2 Å². The summed E-state index contributed by atoms with van der Waals surface area (Å²) in [6, 6.07) is 10.2. The molecule has 0 saturated carbocycles. The van der Waals surface area contributed by atoms with Crippen LogP contribution in [0.25, 0.3) is 10.2 Å². The first kappa shape index (κ1) is 21.9. The Morgan fingerprint density at radius 2 is 1.81 bits per heavy atom. The molecule has 0 saturated heterocycles. The number of nitrogens with zero attached hydrogens (tertiary/aromatic N) is 4. The van der Waals surface area contributed by atoms with E-state index in [1.807, 2.05) is 32.0 Å². The molecule has 0 atom stereocenters. The Labute approximate surface area is 193 Å². The quantitative estimate of drug-likeness (QED) is 0.285.